The molecule has 2 unspecified atom stereocenters. The van der Waals surface area contributed by atoms with Crippen LogP contribution in [0, 0.1) is 0 Å². The molecule has 158 valence electrons. The van der Waals surface area contributed by atoms with Crippen LogP contribution in [-0.4, -0.2) is 48.0 Å². The van der Waals surface area contributed by atoms with E-state index in [1.165, 1.54) is 6.33 Å². The summed E-state index contributed by atoms with van der Waals surface area (Å²) in [7, 11) is -1.86. The summed E-state index contributed by atoms with van der Waals surface area (Å²) in [6.45, 7) is 1.58. The third kappa shape index (κ3) is 4.59. The zero-order valence-electron chi connectivity index (χ0n) is 16.8. The lowest BCUT2D eigenvalue weighted by Gasteiger charge is -2.20. The summed E-state index contributed by atoms with van der Waals surface area (Å²) in [6, 6.07) is 17.9. The summed E-state index contributed by atoms with van der Waals surface area (Å²) < 4.78 is 29.4. The van der Waals surface area contributed by atoms with Crippen molar-refractivity contribution in [2.75, 3.05) is 19.6 Å². The fourth-order valence-corrected chi connectivity index (χ4v) is 5.63. The molecule has 1 aliphatic rings. The van der Waals surface area contributed by atoms with Crippen molar-refractivity contribution in [1.82, 2.24) is 19.2 Å². The van der Waals surface area contributed by atoms with Crippen molar-refractivity contribution in [3.63, 3.8) is 0 Å². The Labute approximate surface area is 182 Å². The van der Waals surface area contributed by atoms with Gasteiger partial charge in [-0.15, -0.1) is 0 Å². The summed E-state index contributed by atoms with van der Waals surface area (Å²) in [6.07, 6.45) is 3.89. The quantitative estimate of drug-likeness (QED) is 0.608. The van der Waals surface area contributed by atoms with Crippen LogP contribution in [0.25, 0.3) is 0 Å². The number of benzene rings is 2. The summed E-state index contributed by atoms with van der Waals surface area (Å²) in [5, 5.41) is 4.40. The SMILES string of the molecule is Cn1cnc(S(=O)(=O)N2CC(NCCc3cccc(Cl)c3)C(c3ccccc3)C2)c1. The van der Waals surface area contributed by atoms with E-state index in [4.69, 9.17) is 11.6 Å². The number of aryl methyl sites for hydroxylation is 1. The molecule has 1 aromatic heterocycles. The van der Waals surface area contributed by atoms with E-state index in [2.05, 4.69) is 28.5 Å². The molecule has 6 nitrogen and oxygen atoms in total. The van der Waals surface area contributed by atoms with Crippen LogP contribution < -0.4 is 5.32 Å². The monoisotopic (exact) mass is 444 g/mol. The number of aromatic nitrogens is 2. The smallest absolute Gasteiger partial charge is 0.262 e. The molecule has 30 heavy (non-hydrogen) atoms. The van der Waals surface area contributed by atoms with Gasteiger partial charge >= 0.3 is 0 Å². The molecule has 0 bridgehead atoms. The highest BCUT2D eigenvalue weighted by Crippen LogP contribution is 2.31. The van der Waals surface area contributed by atoms with Gasteiger partial charge in [0.2, 0.25) is 0 Å². The average Bonchev–Trinajstić information content (AvgIpc) is 3.36. The molecule has 0 radical (unpaired) electrons. The molecule has 0 spiro atoms. The molecule has 2 atom stereocenters. The Hall–Kier alpha value is -2.19. The third-order valence-electron chi connectivity index (χ3n) is 5.51. The van der Waals surface area contributed by atoms with E-state index in [0.29, 0.717) is 13.1 Å². The zero-order chi connectivity index (χ0) is 21.1. The van der Waals surface area contributed by atoms with Gasteiger partial charge in [0.25, 0.3) is 10.0 Å². The highest BCUT2D eigenvalue weighted by molar-refractivity contribution is 7.89. The number of hydrogen-bond donors (Lipinski definition) is 1. The van der Waals surface area contributed by atoms with Crippen LogP contribution in [0.4, 0.5) is 0 Å². The number of hydrogen-bond acceptors (Lipinski definition) is 4. The van der Waals surface area contributed by atoms with Gasteiger partial charge in [0.15, 0.2) is 5.03 Å². The van der Waals surface area contributed by atoms with Crippen LogP contribution in [0.2, 0.25) is 5.02 Å². The molecule has 2 aromatic carbocycles. The first-order chi connectivity index (χ1) is 14.4. The molecular weight excluding hydrogens is 420 g/mol. The molecule has 1 N–H and O–H groups in total. The first-order valence-electron chi connectivity index (χ1n) is 9.94. The molecule has 1 fully saturated rings. The Morgan fingerprint density at radius 1 is 1.13 bits per heavy atom. The van der Waals surface area contributed by atoms with Crippen molar-refractivity contribution in [2.24, 2.45) is 7.05 Å². The van der Waals surface area contributed by atoms with Crippen molar-refractivity contribution in [3.05, 3.63) is 83.3 Å². The Kier molecular flexibility index (Phi) is 6.24. The Morgan fingerprint density at radius 2 is 1.93 bits per heavy atom. The second kappa shape index (κ2) is 8.89. The summed E-state index contributed by atoms with van der Waals surface area (Å²) in [5.74, 6) is 0.0732. The molecule has 0 saturated carbocycles. The number of nitrogens with zero attached hydrogens (tertiary/aromatic N) is 3. The molecule has 8 heteroatoms. The standard InChI is InChI=1S/C22H25ClN4O2S/c1-26-15-22(25-16-26)30(28,29)27-13-20(18-7-3-2-4-8-18)21(14-27)24-11-10-17-6-5-9-19(23)12-17/h2-9,12,15-16,20-21,24H,10-11,13-14H2,1H3. The van der Waals surface area contributed by atoms with E-state index < -0.39 is 10.0 Å². The molecule has 0 aliphatic carbocycles. The van der Waals surface area contributed by atoms with Gasteiger partial charge in [-0.25, -0.2) is 13.4 Å². The number of nitrogens with one attached hydrogen (secondary N) is 1. The van der Waals surface area contributed by atoms with Gasteiger partial charge in [-0.1, -0.05) is 54.1 Å². The maximum Gasteiger partial charge on any atom is 0.262 e. The molecule has 0 amide bonds. The van der Waals surface area contributed by atoms with E-state index in [9.17, 15) is 8.42 Å². The fourth-order valence-electron chi connectivity index (χ4n) is 3.96. The minimum Gasteiger partial charge on any atom is -0.339 e. The van der Waals surface area contributed by atoms with E-state index in [-0.39, 0.29) is 17.0 Å². The molecule has 1 saturated heterocycles. The van der Waals surface area contributed by atoms with E-state index in [1.54, 1.807) is 22.1 Å². The first-order valence-corrected chi connectivity index (χ1v) is 11.8. The van der Waals surface area contributed by atoms with Crippen molar-refractivity contribution in [1.29, 1.82) is 0 Å². The van der Waals surface area contributed by atoms with Gasteiger partial charge in [0.05, 0.1) is 6.33 Å². The van der Waals surface area contributed by atoms with Gasteiger partial charge in [0, 0.05) is 43.3 Å². The highest BCUT2D eigenvalue weighted by atomic mass is 35.5. The van der Waals surface area contributed by atoms with Crippen LogP contribution >= 0.6 is 11.6 Å². The molecule has 1 aliphatic heterocycles. The average molecular weight is 445 g/mol. The van der Waals surface area contributed by atoms with Crippen LogP contribution in [0.3, 0.4) is 0 Å². The van der Waals surface area contributed by atoms with Crippen LogP contribution in [0.15, 0.2) is 72.1 Å². The Morgan fingerprint density at radius 3 is 2.63 bits per heavy atom. The lowest BCUT2D eigenvalue weighted by atomic mass is 9.94. The predicted molar refractivity (Wildman–Crippen MR) is 118 cm³/mol. The van der Waals surface area contributed by atoms with E-state index in [0.717, 1.165) is 29.1 Å². The number of halogens is 1. The second-order valence-corrected chi connectivity index (χ2v) is 9.98. The molecular formula is C22H25ClN4O2S. The van der Waals surface area contributed by atoms with Crippen molar-refractivity contribution < 1.29 is 8.42 Å². The van der Waals surface area contributed by atoms with Crippen molar-refractivity contribution in [3.8, 4) is 0 Å². The minimum atomic E-state index is -3.63. The third-order valence-corrected chi connectivity index (χ3v) is 7.46. The van der Waals surface area contributed by atoms with Crippen molar-refractivity contribution >= 4 is 21.6 Å². The number of sulfonamides is 1. The lowest BCUT2D eigenvalue weighted by molar-refractivity contribution is 0.455. The molecule has 3 aromatic rings. The zero-order valence-corrected chi connectivity index (χ0v) is 18.4. The van der Waals surface area contributed by atoms with Gasteiger partial charge in [-0.3, -0.25) is 0 Å². The van der Waals surface area contributed by atoms with Crippen molar-refractivity contribution in [2.45, 2.75) is 23.4 Å². The van der Waals surface area contributed by atoms with Crippen LogP contribution in [0.1, 0.15) is 17.0 Å². The lowest BCUT2D eigenvalue weighted by Crippen LogP contribution is -2.37. The topological polar surface area (TPSA) is 67.2 Å². The molecule has 2 heterocycles. The minimum absolute atomic E-state index is 0.0186. The van der Waals surface area contributed by atoms with E-state index >= 15 is 0 Å². The first kappa shape index (κ1) is 21.1. The van der Waals surface area contributed by atoms with Crippen LogP contribution in [0.5, 0.6) is 0 Å². The number of rotatable bonds is 7. The number of imidazole rings is 1. The van der Waals surface area contributed by atoms with Crippen LogP contribution in [-0.2, 0) is 23.5 Å². The van der Waals surface area contributed by atoms with Gasteiger partial charge in [-0.05, 0) is 36.2 Å². The van der Waals surface area contributed by atoms with Gasteiger partial charge < -0.3 is 9.88 Å². The normalized spacial score (nSPS) is 19.9. The van der Waals surface area contributed by atoms with Gasteiger partial charge in [0.1, 0.15) is 0 Å². The highest BCUT2D eigenvalue weighted by Gasteiger charge is 2.40. The summed E-state index contributed by atoms with van der Waals surface area (Å²) >= 11 is 6.08. The fraction of sp³-hybridized carbons (Fsp3) is 0.318. The van der Waals surface area contributed by atoms with E-state index in [1.807, 2.05) is 36.4 Å². The molecule has 4 rings (SSSR count). The summed E-state index contributed by atoms with van der Waals surface area (Å²) in [4.78, 5) is 4.07. The Balaban J connectivity index is 1.51. The maximum atomic E-state index is 13.1. The largest absolute Gasteiger partial charge is 0.339 e. The maximum absolute atomic E-state index is 13.1. The predicted octanol–water partition coefficient (Wildman–Crippen LogP) is 3.06. The second-order valence-electron chi connectivity index (χ2n) is 7.66. The summed E-state index contributed by atoms with van der Waals surface area (Å²) in [5.41, 5.74) is 2.29. The Bertz CT molecular complexity index is 1100. The van der Waals surface area contributed by atoms with Gasteiger partial charge in [-0.2, -0.15) is 4.31 Å².